The second kappa shape index (κ2) is 8.30. The van der Waals surface area contributed by atoms with Gasteiger partial charge in [0.05, 0.1) is 17.2 Å². The van der Waals surface area contributed by atoms with Gasteiger partial charge in [0.1, 0.15) is 23.4 Å². The molecule has 11 heteroatoms. The Morgan fingerprint density at radius 3 is 2.84 bits per heavy atom. The summed E-state index contributed by atoms with van der Waals surface area (Å²) in [4.78, 5) is 12.7. The Labute approximate surface area is 179 Å². The molecule has 1 aliphatic rings. The van der Waals surface area contributed by atoms with Crippen molar-refractivity contribution < 1.29 is 27.4 Å². The normalized spacial score (nSPS) is 17.7. The lowest BCUT2D eigenvalue weighted by Gasteiger charge is -2.21. The number of aromatic nitrogens is 1. The average Bonchev–Trinajstić information content (AvgIpc) is 2.96. The first-order chi connectivity index (χ1) is 14.4. The van der Waals surface area contributed by atoms with Gasteiger partial charge >= 0.3 is 0 Å². The average molecular weight is 450 g/mol. The molecule has 1 aliphatic heterocycles. The standard InChI is InChI=1S/C20H23FN4O5S/c1-20(2,27)7-6-14-11-30-18-16(31(28,29)24-14)10-25(3)17(18)19(26)23-13-4-5-15(21)12(8-13)9-22/h4-5,8,10,14,24,27H,6-7,11H2,1-3H3,(H,23,26). The maximum Gasteiger partial charge on any atom is 0.276 e. The van der Waals surface area contributed by atoms with Crippen molar-refractivity contribution in [3.8, 4) is 11.8 Å². The minimum Gasteiger partial charge on any atom is -0.488 e. The van der Waals surface area contributed by atoms with Crippen molar-refractivity contribution >= 4 is 21.6 Å². The van der Waals surface area contributed by atoms with Crippen LogP contribution in [-0.2, 0) is 17.1 Å². The first-order valence-corrected chi connectivity index (χ1v) is 11.0. The molecule has 2 aromatic rings. The number of nitrogens with one attached hydrogen (secondary N) is 2. The van der Waals surface area contributed by atoms with E-state index < -0.39 is 33.4 Å². The lowest BCUT2D eigenvalue weighted by atomic mass is 10.00. The Kier molecular flexibility index (Phi) is 6.09. The Balaban J connectivity index is 1.88. The highest BCUT2D eigenvalue weighted by molar-refractivity contribution is 7.89. The van der Waals surface area contributed by atoms with Gasteiger partial charge in [-0.3, -0.25) is 4.79 Å². The number of anilines is 1. The van der Waals surface area contributed by atoms with Gasteiger partial charge in [0.15, 0.2) is 11.4 Å². The maximum absolute atomic E-state index is 13.5. The minimum absolute atomic E-state index is 0.0261. The van der Waals surface area contributed by atoms with Crippen molar-refractivity contribution in [3.63, 3.8) is 0 Å². The molecular formula is C20H23FN4O5S. The van der Waals surface area contributed by atoms with Gasteiger partial charge in [-0.05, 0) is 44.9 Å². The van der Waals surface area contributed by atoms with Gasteiger partial charge in [-0.1, -0.05) is 0 Å². The number of hydrogen-bond donors (Lipinski definition) is 3. The predicted octanol–water partition coefficient (Wildman–Crippen LogP) is 1.88. The molecule has 166 valence electrons. The summed E-state index contributed by atoms with van der Waals surface area (Å²) in [6.07, 6.45) is 1.96. The number of nitrogens with zero attached hydrogens (tertiary/aromatic N) is 2. The topological polar surface area (TPSA) is 133 Å². The molecule has 1 unspecified atom stereocenters. The van der Waals surface area contributed by atoms with Crippen LogP contribution in [0.2, 0.25) is 0 Å². The number of rotatable bonds is 5. The number of hydrogen-bond acceptors (Lipinski definition) is 6. The zero-order valence-electron chi connectivity index (χ0n) is 17.3. The van der Waals surface area contributed by atoms with Crippen LogP contribution in [0.25, 0.3) is 0 Å². The number of halogens is 1. The van der Waals surface area contributed by atoms with E-state index in [1.165, 1.54) is 29.9 Å². The predicted molar refractivity (Wildman–Crippen MR) is 110 cm³/mol. The molecule has 1 atom stereocenters. The van der Waals surface area contributed by atoms with Crippen LogP contribution in [0, 0.1) is 17.1 Å². The number of benzene rings is 1. The van der Waals surface area contributed by atoms with E-state index in [0.717, 1.165) is 6.07 Å². The zero-order valence-corrected chi connectivity index (χ0v) is 18.1. The SMILES string of the molecule is Cn1cc2c(c1C(=O)Nc1ccc(F)c(C#N)c1)OCC(CCC(C)(C)O)NS2(=O)=O. The first kappa shape index (κ1) is 22.7. The van der Waals surface area contributed by atoms with Crippen LogP contribution in [0.1, 0.15) is 42.7 Å². The third kappa shape index (κ3) is 5.04. The monoisotopic (exact) mass is 450 g/mol. The van der Waals surface area contributed by atoms with Crippen molar-refractivity contribution in [1.82, 2.24) is 9.29 Å². The molecule has 0 spiro atoms. The summed E-state index contributed by atoms with van der Waals surface area (Å²) in [5.74, 6) is -1.49. The van der Waals surface area contributed by atoms with E-state index in [1.54, 1.807) is 19.9 Å². The second-order valence-electron chi connectivity index (χ2n) is 8.02. The molecule has 3 N–H and O–H groups in total. The van der Waals surface area contributed by atoms with Crippen LogP contribution in [0.15, 0.2) is 29.3 Å². The van der Waals surface area contributed by atoms with Gasteiger partial charge in [-0.2, -0.15) is 5.26 Å². The van der Waals surface area contributed by atoms with E-state index in [0.29, 0.717) is 12.8 Å². The Morgan fingerprint density at radius 2 is 2.19 bits per heavy atom. The zero-order chi connectivity index (χ0) is 23.0. The number of aliphatic hydroxyl groups is 1. The maximum atomic E-state index is 13.5. The van der Waals surface area contributed by atoms with Gasteiger partial charge in [-0.25, -0.2) is 17.5 Å². The summed E-state index contributed by atoms with van der Waals surface area (Å²) in [6, 6.07) is 4.63. The highest BCUT2D eigenvalue weighted by atomic mass is 32.2. The van der Waals surface area contributed by atoms with E-state index in [2.05, 4.69) is 10.0 Å². The van der Waals surface area contributed by atoms with Crippen LogP contribution in [-0.4, -0.2) is 42.2 Å². The number of nitriles is 1. The Morgan fingerprint density at radius 1 is 1.48 bits per heavy atom. The van der Waals surface area contributed by atoms with Crippen molar-refractivity contribution in [2.24, 2.45) is 7.05 Å². The van der Waals surface area contributed by atoms with Crippen LogP contribution in [0.4, 0.5) is 10.1 Å². The van der Waals surface area contributed by atoms with E-state index in [-0.39, 0.29) is 34.2 Å². The van der Waals surface area contributed by atoms with E-state index in [9.17, 15) is 22.7 Å². The fourth-order valence-electron chi connectivity index (χ4n) is 3.22. The fraction of sp³-hybridized carbons (Fsp3) is 0.400. The lowest BCUT2D eigenvalue weighted by molar-refractivity contribution is 0.0643. The molecule has 0 bridgehead atoms. The van der Waals surface area contributed by atoms with Crippen LogP contribution in [0.5, 0.6) is 5.75 Å². The van der Waals surface area contributed by atoms with Gasteiger partial charge in [-0.15, -0.1) is 0 Å². The fourth-order valence-corrected chi connectivity index (χ4v) is 4.67. The number of sulfonamides is 1. The number of ether oxygens (including phenoxy) is 1. The summed E-state index contributed by atoms with van der Waals surface area (Å²) in [7, 11) is -2.47. The highest BCUT2D eigenvalue weighted by Crippen LogP contribution is 2.33. The lowest BCUT2D eigenvalue weighted by Crippen LogP contribution is -2.38. The Hall–Kier alpha value is -2.94. The number of fused-ring (bicyclic) bond motifs is 1. The molecule has 31 heavy (non-hydrogen) atoms. The quantitative estimate of drug-likeness (QED) is 0.637. The third-order valence-electron chi connectivity index (χ3n) is 4.81. The van der Waals surface area contributed by atoms with Crippen molar-refractivity contribution in [1.29, 1.82) is 5.26 Å². The minimum atomic E-state index is -3.97. The molecule has 1 aromatic carbocycles. The summed E-state index contributed by atoms with van der Waals surface area (Å²) >= 11 is 0. The van der Waals surface area contributed by atoms with Gasteiger partial charge in [0, 0.05) is 18.9 Å². The van der Waals surface area contributed by atoms with E-state index in [1.807, 2.05) is 0 Å². The second-order valence-corrected chi connectivity index (χ2v) is 9.71. The van der Waals surface area contributed by atoms with Crippen LogP contribution in [0.3, 0.4) is 0 Å². The van der Waals surface area contributed by atoms with Crippen molar-refractivity contribution in [3.05, 3.63) is 41.5 Å². The molecule has 0 radical (unpaired) electrons. The molecule has 0 saturated carbocycles. The summed E-state index contributed by atoms with van der Waals surface area (Å²) in [5.41, 5.74) is -1.06. The van der Waals surface area contributed by atoms with Crippen LogP contribution >= 0.6 is 0 Å². The van der Waals surface area contributed by atoms with Crippen molar-refractivity contribution in [2.75, 3.05) is 11.9 Å². The molecular weight excluding hydrogens is 427 g/mol. The number of amides is 1. The summed E-state index contributed by atoms with van der Waals surface area (Å²) in [6.45, 7) is 3.23. The van der Waals surface area contributed by atoms with E-state index in [4.69, 9.17) is 10.00 Å². The molecule has 3 rings (SSSR count). The van der Waals surface area contributed by atoms with Gasteiger partial charge in [0.25, 0.3) is 5.91 Å². The van der Waals surface area contributed by atoms with E-state index >= 15 is 0 Å². The summed E-state index contributed by atoms with van der Waals surface area (Å²) in [5, 5.41) is 21.4. The highest BCUT2D eigenvalue weighted by Gasteiger charge is 2.35. The number of carbonyl (C=O) groups is 1. The van der Waals surface area contributed by atoms with Gasteiger partial charge in [0.2, 0.25) is 10.0 Å². The first-order valence-electron chi connectivity index (χ1n) is 9.49. The smallest absolute Gasteiger partial charge is 0.276 e. The third-order valence-corrected chi connectivity index (χ3v) is 6.32. The molecule has 0 saturated heterocycles. The summed E-state index contributed by atoms with van der Waals surface area (Å²) < 4.78 is 48.8. The molecule has 2 heterocycles. The van der Waals surface area contributed by atoms with Crippen molar-refractivity contribution in [2.45, 2.75) is 43.2 Å². The Bertz CT molecular complexity index is 1160. The molecule has 1 aromatic heterocycles. The molecule has 0 fully saturated rings. The molecule has 0 aliphatic carbocycles. The molecule has 1 amide bonds. The number of carbonyl (C=O) groups excluding carboxylic acids is 1. The largest absolute Gasteiger partial charge is 0.488 e. The molecule has 9 nitrogen and oxygen atoms in total. The number of aryl methyl sites for hydroxylation is 1. The van der Waals surface area contributed by atoms with Crippen LogP contribution < -0.4 is 14.8 Å². The van der Waals surface area contributed by atoms with Gasteiger partial charge < -0.3 is 19.7 Å².